The van der Waals surface area contributed by atoms with Crippen molar-refractivity contribution in [3.63, 3.8) is 0 Å². The normalized spacial score (nSPS) is 13.9. The number of rotatable bonds is 6. The van der Waals surface area contributed by atoms with E-state index in [-0.39, 0.29) is 0 Å². The summed E-state index contributed by atoms with van der Waals surface area (Å²) in [4.78, 5) is 2.41. The van der Waals surface area contributed by atoms with Crippen molar-refractivity contribution >= 4 is 15.9 Å². The fourth-order valence-corrected chi connectivity index (χ4v) is 1.30. The van der Waals surface area contributed by atoms with E-state index in [9.17, 15) is 0 Å². The Morgan fingerprint density at radius 1 is 1.45 bits per heavy atom. The summed E-state index contributed by atoms with van der Waals surface area (Å²) in [5.41, 5.74) is 0. The van der Waals surface area contributed by atoms with Crippen LogP contribution in [0.2, 0.25) is 0 Å². The first-order valence-electron chi connectivity index (χ1n) is 4.45. The van der Waals surface area contributed by atoms with E-state index in [2.05, 4.69) is 41.7 Å². The molecule has 0 saturated carbocycles. The third-order valence-corrected chi connectivity index (χ3v) is 2.89. The molecule has 1 unspecified atom stereocenters. The van der Waals surface area contributed by atoms with Crippen molar-refractivity contribution in [2.24, 2.45) is 5.92 Å². The topological polar surface area (TPSA) is 3.24 Å². The lowest BCUT2D eigenvalue weighted by atomic mass is 10.2. The van der Waals surface area contributed by atoms with E-state index in [1.54, 1.807) is 0 Å². The van der Waals surface area contributed by atoms with Crippen LogP contribution in [0.3, 0.4) is 0 Å². The van der Waals surface area contributed by atoms with E-state index >= 15 is 0 Å². The Kier molecular flexibility index (Phi) is 7.39. The van der Waals surface area contributed by atoms with Crippen molar-refractivity contribution in [1.82, 2.24) is 4.90 Å². The molecule has 2 heteroatoms. The van der Waals surface area contributed by atoms with Crippen LogP contribution < -0.4 is 0 Å². The summed E-state index contributed by atoms with van der Waals surface area (Å²) in [6.45, 7) is 6.97. The van der Waals surface area contributed by atoms with Crippen LogP contribution in [0.25, 0.3) is 0 Å². The second-order valence-electron chi connectivity index (χ2n) is 3.38. The zero-order valence-corrected chi connectivity index (χ0v) is 9.52. The molecule has 68 valence electrons. The van der Waals surface area contributed by atoms with E-state index in [4.69, 9.17) is 0 Å². The third kappa shape index (κ3) is 6.82. The van der Waals surface area contributed by atoms with Gasteiger partial charge >= 0.3 is 0 Å². The lowest BCUT2D eigenvalue weighted by Crippen LogP contribution is -2.25. The summed E-state index contributed by atoms with van der Waals surface area (Å²) in [7, 11) is 2.20. The van der Waals surface area contributed by atoms with E-state index in [0.29, 0.717) is 0 Å². The molecule has 0 aliphatic heterocycles. The average Bonchev–Trinajstić information content (AvgIpc) is 2.00. The Balaban J connectivity index is 3.27. The second-order valence-corrected chi connectivity index (χ2v) is 4.02. The molecule has 0 aliphatic rings. The van der Waals surface area contributed by atoms with Gasteiger partial charge in [-0.25, -0.2) is 0 Å². The molecule has 11 heavy (non-hydrogen) atoms. The molecule has 0 spiro atoms. The van der Waals surface area contributed by atoms with Gasteiger partial charge in [0.15, 0.2) is 0 Å². The minimum Gasteiger partial charge on any atom is -0.306 e. The molecule has 0 aromatic carbocycles. The van der Waals surface area contributed by atoms with Gasteiger partial charge in [-0.2, -0.15) is 0 Å². The highest BCUT2D eigenvalue weighted by Gasteiger charge is 2.03. The molecule has 0 heterocycles. The third-order valence-electron chi connectivity index (χ3n) is 1.78. The van der Waals surface area contributed by atoms with Crippen LogP contribution >= 0.6 is 15.9 Å². The number of nitrogens with zero attached hydrogens (tertiary/aromatic N) is 1. The predicted octanol–water partition coefficient (Wildman–Crippen LogP) is 2.75. The Morgan fingerprint density at radius 2 is 2.09 bits per heavy atom. The molecule has 0 saturated heterocycles. The number of halogens is 1. The van der Waals surface area contributed by atoms with Gasteiger partial charge in [0.05, 0.1) is 0 Å². The summed E-state index contributed by atoms with van der Waals surface area (Å²) < 4.78 is 0. The van der Waals surface area contributed by atoms with Gasteiger partial charge < -0.3 is 4.90 Å². The van der Waals surface area contributed by atoms with Crippen LogP contribution in [0.1, 0.15) is 26.7 Å². The fraction of sp³-hybridized carbons (Fsp3) is 1.00. The Hall–Kier alpha value is 0.440. The molecule has 0 rings (SSSR count). The summed E-state index contributed by atoms with van der Waals surface area (Å²) in [6, 6.07) is 0. The van der Waals surface area contributed by atoms with Gasteiger partial charge in [0.2, 0.25) is 0 Å². The van der Waals surface area contributed by atoms with Crippen molar-refractivity contribution < 1.29 is 0 Å². The van der Waals surface area contributed by atoms with E-state index in [0.717, 1.165) is 11.2 Å². The van der Waals surface area contributed by atoms with Crippen LogP contribution in [0.4, 0.5) is 0 Å². The molecule has 0 aromatic rings. The molecule has 0 bridgehead atoms. The Bertz CT molecular complexity index is 85.6. The zero-order valence-electron chi connectivity index (χ0n) is 7.94. The smallest absolute Gasteiger partial charge is 0.00692 e. The predicted molar refractivity (Wildman–Crippen MR) is 55.4 cm³/mol. The lowest BCUT2D eigenvalue weighted by Gasteiger charge is -2.19. The quantitative estimate of drug-likeness (QED) is 0.624. The van der Waals surface area contributed by atoms with E-state index in [1.807, 2.05) is 0 Å². The summed E-state index contributed by atoms with van der Waals surface area (Å²) in [5.74, 6) is 0.775. The molecule has 0 aromatic heterocycles. The first kappa shape index (κ1) is 11.4. The Labute approximate surface area is 79.3 Å². The summed E-state index contributed by atoms with van der Waals surface area (Å²) >= 11 is 3.48. The highest BCUT2D eigenvalue weighted by molar-refractivity contribution is 9.09. The molecular weight excluding hydrogens is 202 g/mol. The standard InChI is InChI=1S/C9H20BrN/c1-4-5-6-11(3)8-9(2)7-10/h9H,4-8H2,1-3H3. The van der Waals surface area contributed by atoms with Crippen molar-refractivity contribution in [2.45, 2.75) is 26.7 Å². The molecule has 1 nitrogen and oxygen atoms in total. The SMILES string of the molecule is CCCCN(C)CC(C)CBr. The lowest BCUT2D eigenvalue weighted by molar-refractivity contribution is 0.294. The molecule has 0 amide bonds. The fourth-order valence-electron chi connectivity index (χ4n) is 1.10. The summed E-state index contributed by atoms with van der Waals surface area (Å²) in [6.07, 6.45) is 2.62. The zero-order chi connectivity index (χ0) is 8.69. The number of unbranched alkanes of at least 4 members (excludes halogenated alkanes) is 1. The van der Waals surface area contributed by atoms with Crippen LogP contribution in [0.15, 0.2) is 0 Å². The van der Waals surface area contributed by atoms with Crippen LogP contribution in [-0.2, 0) is 0 Å². The van der Waals surface area contributed by atoms with Crippen molar-refractivity contribution in [1.29, 1.82) is 0 Å². The van der Waals surface area contributed by atoms with E-state index < -0.39 is 0 Å². The molecule has 0 fully saturated rings. The van der Waals surface area contributed by atoms with Gasteiger partial charge in [-0.3, -0.25) is 0 Å². The van der Waals surface area contributed by atoms with Gasteiger partial charge in [-0.15, -0.1) is 0 Å². The molecule has 0 radical (unpaired) electrons. The van der Waals surface area contributed by atoms with E-state index in [1.165, 1.54) is 25.9 Å². The van der Waals surface area contributed by atoms with Crippen molar-refractivity contribution in [2.75, 3.05) is 25.5 Å². The first-order valence-corrected chi connectivity index (χ1v) is 5.57. The first-order chi connectivity index (χ1) is 5.20. The molecule has 0 N–H and O–H groups in total. The van der Waals surface area contributed by atoms with Crippen LogP contribution in [-0.4, -0.2) is 30.4 Å². The van der Waals surface area contributed by atoms with Gasteiger partial charge in [0.1, 0.15) is 0 Å². The number of hydrogen-bond acceptors (Lipinski definition) is 1. The van der Waals surface area contributed by atoms with Crippen LogP contribution in [0.5, 0.6) is 0 Å². The number of alkyl halides is 1. The van der Waals surface area contributed by atoms with Crippen LogP contribution in [0, 0.1) is 5.92 Å². The molecule has 0 aliphatic carbocycles. The van der Waals surface area contributed by atoms with Crippen molar-refractivity contribution in [3.8, 4) is 0 Å². The molecular formula is C9H20BrN. The minimum absolute atomic E-state index is 0.775. The van der Waals surface area contributed by atoms with Gasteiger partial charge in [0.25, 0.3) is 0 Å². The summed E-state index contributed by atoms with van der Waals surface area (Å²) in [5, 5.41) is 1.11. The maximum atomic E-state index is 3.48. The maximum Gasteiger partial charge on any atom is 0.00692 e. The average molecular weight is 222 g/mol. The monoisotopic (exact) mass is 221 g/mol. The highest BCUT2D eigenvalue weighted by Crippen LogP contribution is 2.02. The van der Waals surface area contributed by atoms with Crippen molar-refractivity contribution in [3.05, 3.63) is 0 Å². The second kappa shape index (κ2) is 7.11. The van der Waals surface area contributed by atoms with Gasteiger partial charge in [-0.1, -0.05) is 36.2 Å². The number of hydrogen-bond donors (Lipinski definition) is 0. The largest absolute Gasteiger partial charge is 0.306 e. The molecule has 1 atom stereocenters. The van der Waals surface area contributed by atoms with Gasteiger partial charge in [-0.05, 0) is 25.9 Å². The van der Waals surface area contributed by atoms with Gasteiger partial charge in [0, 0.05) is 11.9 Å². The highest BCUT2D eigenvalue weighted by atomic mass is 79.9. The minimum atomic E-state index is 0.775. The Morgan fingerprint density at radius 3 is 2.55 bits per heavy atom. The maximum absolute atomic E-state index is 3.48.